The zero-order valence-corrected chi connectivity index (χ0v) is 11.3. The molecule has 96 valence electrons. The summed E-state index contributed by atoms with van der Waals surface area (Å²) in [6.45, 7) is 0.325. The van der Waals surface area contributed by atoms with Crippen LogP contribution in [0, 0.1) is 17.1 Å². The number of nitriles is 1. The quantitative estimate of drug-likeness (QED) is 0.897. The van der Waals surface area contributed by atoms with E-state index in [9.17, 15) is 4.39 Å². The summed E-state index contributed by atoms with van der Waals surface area (Å²) >= 11 is 12.0. The van der Waals surface area contributed by atoms with Gasteiger partial charge in [0.25, 0.3) is 0 Å². The number of nitrogens with zero attached hydrogens (tertiary/aromatic N) is 1. The zero-order valence-electron chi connectivity index (χ0n) is 9.75. The van der Waals surface area contributed by atoms with Gasteiger partial charge >= 0.3 is 0 Å². The fourth-order valence-corrected chi connectivity index (χ4v) is 1.97. The Morgan fingerprint density at radius 1 is 1.11 bits per heavy atom. The van der Waals surface area contributed by atoms with Crippen LogP contribution in [0.4, 0.5) is 10.1 Å². The number of rotatable bonds is 3. The van der Waals surface area contributed by atoms with Gasteiger partial charge in [-0.25, -0.2) is 4.39 Å². The molecule has 0 saturated heterocycles. The molecule has 0 bridgehead atoms. The lowest BCUT2D eigenvalue weighted by molar-refractivity contribution is 0.626. The van der Waals surface area contributed by atoms with Crippen LogP contribution in [0.3, 0.4) is 0 Å². The third-order valence-electron chi connectivity index (χ3n) is 2.57. The Bertz CT molecular complexity index is 650. The van der Waals surface area contributed by atoms with Crippen LogP contribution in [0.15, 0.2) is 36.4 Å². The van der Waals surface area contributed by atoms with Crippen molar-refractivity contribution in [3.63, 3.8) is 0 Å². The smallest absolute Gasteiger partial charge is 0.123 e. The molecule has 1 N–H and O–H groups in total. The topological polar surface area (TPSA) is 35.8 Å². The molecule has 0 aliphatic carbocycles. The Kier molecular flexibility index (Phi) is 4.26. The van der Waals surface area contributed by atoms with Gasteiger partial charge in [0.15, 0.2) is 0 Å². The fraction of sp³-hybridized carbons (Fsp3) is 0.0714. The highest BCUT2D eigenvalue weighted by molar-refractivity contribution is 6.33. The van der Waals surface area contributed by atoms with E-state index in [4.69, 9.17) is 28.5 Å². The molecular weight excluding hydrogens is 286 g/mol. The van der Waals surface area contributed by atoms with Crippen LogP contribution < -0.4 is 5.32 Å². The van der Waals surface area contributed by atoms with Gasteiger partial charge in [-0.15, -0.1) is 0 Å². The molecule has 0 spiro atoms. The first kappa shape index (κ1) is 13.7. The summed E-state index contributed by atoms with van der Waals surface area (Å²) in [7, 11) is 0. The fourth-order valence-electron chi connectivity index (χ4n) is 1.60. The highest BCUT2D eigenvalue weighted by Gasteiger charge is 2.05. The SMILES string of the molecule is N#Cc1ccc(Cl)c(NCc2cc(F)ccc2Cl)c1. The number of hydrogen-bond donors (Lipinski definition) is 1. The van der Waals surface area contributed by atoms with Gasteiger partial charge in [0.2, 0.25) is 0 Å². The molecule has 0 heterocycles. The molecular formula is C14H9Cl2FN2. The molecule has 0 aliphatic heterocycles. The van der Waals surface area contributed by atoms with Gasteiger partial charge in [-0.05, 0) is 42.0 Å². The van der Waals surface area contributed by atoms with Gasteiger partial charge < -0.3 is 5.32 Å². The van der Waals surface area contributed by atoms with Crippen molar-refractivity contribution in [3.05, 3.63) is 63.4 Å². The molecule has 0 saturated carbocycles. The largest absolute Gasteiger partial charge is 0.380 e. The number of anilines is 1. The minimum absolute atomic E-state index is 0.325. The van der Waals surface area contributed by atoms with Crippen LogP contribution in [-0.2, 0) is 6.54 Å². The van der Waals surface area contributed by atoms with Crippen LogP contribution in [0.5, 0.6) is 0 Å². The van der Waals surface area contributed by atoms with Gasteiger partial charge in [-0.2, -0.15) is 5.26 Å². The summed E-state index contributed by atoms with van der Waals surface area (Å²) in [4.78, 5) is 0. The highest BCUT2D eigenvalue weighted by Crippen LogP contribution is 2.25. The van der Waals surface area contributed by atoms with E-state index in [0.29, 0.717) is 33.4 Å². The second kappa shape index (κ2) is 5.92. The van der Waals surface area contributed by atoms with E-state index in [1.165, 1.54) is 18.2 Å². The van der Waals surface area contributed by atoms with Crippen molar-refractivity contribution in [2.45, 2.75) is 6.54 Å². The summed E-state index contributed by atoms with van der Waals surface area (Å²) in [6.07, 6.45) is 0. The molecule has 0 unspecified atom stereocenters. The van der Waals surface area contributed by atoms with Gasteiger partial charge in [0.1, 0.15) is 5.82 Å². The second-order valence-corrected chi connectivity index (χ2v) is 4.71. The molecule has 0 radical (unpaired) electrons. The summed E-state index contributed by atoms with van der Waals surface area (Å²) in [5.74, 6) is -0.349. The van der Waals surface area contributed by atoms with Crippen LogP contribution in [0.25, 0.3) is 0 Å². The Morgan fingerprint density at radius 2 is 1.84 bits per heavy atom. The van der Waals surface area contributed by atoms with Crippen molar-refractivity contribution in [2.75, 3.05) is 5.32 Å². The first-order valence-corrected chi connectivity index (χ1v) is 6.23. The van der Waals surface area contributed by atoms with Gasteiger partial charge in [0.05, 0.1) is 22.3 Å². The molecule has 2 aromatic carbocycles. The molecule has 2 nitrogen and oxygen atoms in total. The standard InChI is InChI=1S/C14H9Cl2FN2/c15-12-4-2-11(17)6-10(12)8-19-14-5-9(7-18)1-3-13(14)16/h1-6,19H,8H2. The maximum atomic E-state index is 13.1. The monoisotopic (exact) mass is 294 g/mol. The van der Waals surface area contributed by atoms with Crippen molar-refractivity contribution in [1.29, 1.82) is 5.26 Å². The van der Waals surface area contributed by atoms with E-state index in [1.54, 1.807) is 18.2 Å². The van der Waals surface area contributed by atoms with E-state index >= 15 is 0 Å². The van der Waals surface area contributed by atoms with Gasteiger partial charge in [-0.1, -0.05) is 23.2 Å². The third-order valence-corrected chi connectivity index (χ3v) is 3.27. The number of nitrogens with one attached hydrogen (secondary N) is 1. The van der Waals surface area contributed by atoms with E-state index in [2.05, 4.69) is 5.32 Å². The summed E-state index contributed by atoms with van der Waals surface area (Å²) < 4.78 is 13.1. The van der Waals surface area contributed by atoms with Crippen molar-refractivity contribution >= 4 is 28.9 Å². The molecule has 0 atom stereocenters. The van der Waals surface area contributed by atoms with E-state index in [0.717, 1.165) is 0 Å². The number of halogens is 3. The van der Waals surface area contributed by atoms with E-state index in [-0.39, 0.29) is 5.82 Å². The van der Waals surface area contributed by atoms with Crippen molar-refractivity contribution < 1.29 is 4.39 Å². The van der Waals surface area contributed by atoms with Crippen molar-refractivity contribution in [3.8, 4) is 6.07 Å². The first-order valence-electron chi connectivity index (χ1n) is 5.47. The number of hydrogen-bond acceptors (Lipinski definition) is 2. The van der Waals surface area contributed by atoms with Crippen LogP contribution >= 0.6 is 23.2 Å². The minimum atomic E-state index is -0.349. The molecule has 0 aliphatic rings. The van der Waals surface area contributed by atoms with Crippen LogP contribution in [-0.4, -0.2) is 0 Å². The van der Waals surface area contributed by atoms with Gasteiger partial charge in [0, 0.05) is 11.6 Å². The lowest BCUT2D eigenvalue weighted by Crippen LogP contribution is -2.01. The molecule has 0 fully saturated rings. The molecule has 19 heavy (non-hydrogen) atoms. The predicted molar refractivity (Wildman–Crippen MR) is 74.9 cm³/mol. The molecule has 0 amide bonds. The van der Waals surface area contributed by atoms with Crippen molar-refractivity contribution in [2.24, 2.45) is 0 Å². The number of benzene rings is 2. The molecule has 2 aromatic rings. The Morgan fingerprint density at radius 3 is 2.58 bits per heavy atom. The van der Waals surface area contributed by atoms with E-state index in [1.807, 2.05) is 6.07 Å². The average Bonchev–Trinajstić information content (AvgIpc) is 2.41. The molecule has 2 rings (SSSR count). The molecule has 5 heteroatoms. The Balaban J connectivity index is 2.19. The maximum absolute atomic E-state index is 13.1. The lowest BCUT2D eigenvalue weighted by atomic mass is 10.2. The average molecular weight is 295 g/mol. The van der Waals surface area contributed by atoms with Crippen LogP contribution in [0.2, 0.25) is 10.0 Å². The lowest BCUT2D eigenvalue weighted by Gasteiger charge is -2.10. The summed E-state index contributed by atoms with van der Waals surface area (Å²) in [6, 6.07) is 11.1. The Labute approximate surface area is 120 Å². The molecule has 0 aromatic heterocycles. The Hall–Kier alpha value is -1.76. The van der Waals surface area contributed by atoms with Crippen LogP contribution in [0.1, 0.15) is 11.1 Å². The van der Waals surface area contributed by atoms with Crippen molar-refractivity contribution in [1.82, 2.24) is 0 Å². The van der Waals surface area contributed by atoms with Gasteiger partial charge in [-0.3, -0.25) is 0 Å². The minimum Gasteiger partial charge on any atom is -0.380 e. The normalized spacial score (nSPS) is 10.0. The predicted octanol–water partition coefficient (Wildman–Crippen LogP) is 4.62. The summed E-state index contributed by atoms with van der Waals surface area (Å²) in [5.41, 5.74) is 1.73. The highest BCUT2D eigenvalue weighted by atomic mass is 35.5. The third kappa shape index (κ3) is 3.37. The first-order chi connectivity index (χ1) is 9.10. The zero-order chi connectivity index (χ0) is 13.8. The second-order valence-electron chi connectivity index (χ2n) is 3.90. The van der Waals surface area contributed by atoms with E-state index < -0.39 is 0 Å². The maximum Gasteiger partial charge on any atom is 0.123 e. The summed E-state index contributed by atoms with van der Waals surface area (Å²) in [5, 5.41) is 12.8.